The summed E-state index contributed by atoms with van der Waals surface area (Å²) in [5.41, 5.74) is 2.55. The molecule has 2 amide bonds. The van der Waals surface area contributed by atoms with Crippen LogP contribution in [0.5, 0.6) is 5.75 Å². The van der Waals surface area contributed by atoms with Crippen molar-refractivity contribution >= 4 is 23.1 Å². The van der Waals surface area contributed by atoms with Crippen LogP contribution in [0, 0.1) is 17.2 Å². The predicted octanol–water partition coefficient (Wildman–Crippen LogP) is 4.36. The Morgan fingerprint density at radius 1 is 1.00 bits per heavy atom. The Kier molecular flexibility index (Phi) is 6.27. The maximum absolute atomic E-state index is 13.6. The first kappa shape index (κ1) is 21.6. The normalized spacial score (nSPS) is 17.2. The summed E-state index contributed by atoms with van der Waals surface area (Å²) in [7, 11) is 0. The third kappa shape index (κ3) is 4.11. The molecule has 0 atom stereocenters. The second-order valence-electron chi connectivity index (χ2n) is 8.37. The van der Waals surface area contributed by atoms with Crippen molar-refractivity contribution in [3.8, 4) is 11.8 Å². The summed E-state index contributed by atoms with van der Waals surface area (Å²) in [6.45, 7) is 6.39. The fraction of sp³-hybridized carbons (Fsp3) is 0.346. The zero-order chi connectivity index (χ0) is 22.7. The number of anilines is 1. The zero-order valence-electron chi connectivity index (χ0n) is 18.5. The molecule has 2 aliphatic heterocycles. The summed E-state index contributed by atoms with van der Waals surface area (Å²) in [6, 6.07) is 16.0. The van der Waals surface area contributed by atoms with E-state index in [1.165, 1.54) is 4.90 Å². The molecule has 2 heterocycles. The number of likely N-dealkylation sites (tertiary alicyclic amines) is 1. The Balaban J connectivity index is 1.73. The first-order valence-corrected chi connectivity index (χ1v) is 11.1. The number of carbonyl (C=O) groups excluding carboxylic acids is 2. The van der Waals surface area contributed by atoms with Gasteiger partial charge in [-0.05, 0) is 67.1 Å². The van der Waals surface area contributed by atoms with E-state index >= 15 is 0 Å². The van der Waals surface area contributed by atoms with E-state index in [0.717, 1.165) is 38.1 Å². The highest BCUT2D eigenvalue weighted by Crippen LogP contribution is 2.36. The molecule has 0 saturated carbocycles. The molecule has 1 fully saturated rings. The lowest BCUT2D eigenvalue weighted by Gasteiger charge is -2.32. The van der Waals surface area contributed by atoms with Gasteiger partial charge in [0.1, 0.15) is 11.4 Å². The summed E-state index contributed by atoms with van der Waals surface area (Å²) in [5, 5.41) is 9.08. The van der Waals surface area contributed by atoms with Crippen LogP contribution in [0.2, 0.25) is 0 Å². The van der Waals surface area contributed by atoms with Gasteiger partial charge in [0, 0.05) is 13.1 Å². The first-order chi connectivity index (χ1) is 15.5. The van der Waals surface area contributed by atoms with Crippen molar-refractivity contribution in [2.24, 2.45) is 5.92 Å². The molecule has 0 aliphatic carbocycles. The summed E-state index contributed by atoms with van der Waals surface area (Å²) >= 11 is 0. The molecule has 6 nitrogen and oxygen atoms in total. The second kappa shape index (κ2) is 9.27. The second-order valence-corrected chi connectivity index (χ2v) is 8.37. The summed E-state index contributed by atoms with van der Waals surface area (Å²) in [4.78, 5) is 30.4. The Morgan fingerprint density at radius 3 is 2.25 bits per heavy atom. The van der Waals surface area contributed by atoms with E-state index in [1.807, 2.05) is 31.2 Å². The summed E-state index contributed by atoms with van der Waals surface area (Å²) < 4.78 is 5.67. The molecule has 6 heteroatoms. The lowest BCUT2D eigenvalue weighted by molar-refractivity contribution is -0.120. The quantitative estimate of drug-likeness (QED) is 0.638. The Morgan fingerprint density at radius 2 is 1.66 bits per heavy atom. The molecule has 0 radical (unpaired) electrons. The van der Waals surface area contributed by atoms with Crippen LogP contribution in [0.4, 0.5) is 5.69 Å². The number of piperidine rings is 1. The van der Waals surface area contributed by atoms with Gasteiger partial charge in [-0.15, -0.1) is 0 Å². The minimum atomic E-state index is -0.337. The number of imide groups is 1. The molecule has 4 rings (SSSR count). The number of nitrogens with zero attached hydrogens (tertiary/aromatic N) is 3. The minimum Gasteiger partial charge on any atom is -0.494 e. The van der Waals surface area contributed by atoms with Gasteiger partial charge in [-0.3, -0.25) is 9.59 Å². The van der Waals surface area contributed by atoms with Gasteiger partial charge in [-0.1, -0.05) is 26.0 Å². The average molecular weight is 430 g/mol. The monoisotopic (exact) mass is 429 g/mol. The number of hydrogen-bond donors (Lipinski definition) is 0. The van der Waals surface area contributed by atoms with Gasteiger partial charge in [-0.25, -0.2) is 4.90 Å². The fourth-order valence-electron chi connectivity index (χ4n) is 4.16. The van der Waals surface area contributed by atoms with E-state index in [2.05, 4.69) is 17.9 Å². The van der Waals surface area contributed by atoms with Gasteiger partial charge in [0.05, 0.1) is 29.5 Å². The van der Waals surface area contributed by atoms with Crippen molar-refractivity contribution in [2.75, 3.05) is 24.6 Å². The number of nitriles is 1. The van der Waals surface area contributed by atoms with Gasteiger partial charge in [0.15, 0.2) is 0 Å². The Hall–Kier alpha value is -3.59. The van der Waals surface area contributed by atoms with E-state index in [4.69, 9.17) is 10.00 Å². The highest BCUT2D eigenvalue weighted by molar-refractivity contribution is 6.45. The van der Waals surface area contributed by atoms with Crippen LogP contribution in [0.25, 0.3) is 5.57 Å². The third-order valence-corrected chi connectivity index (χ3v) is 6.03. The lowest BCUT2D eigenvalue weighted by atomic mass is 9.97. The van der Waals surface area contributed by atoms with E-state index in [9.17, 15) is 9.59 Å². The first-order valence-electron chi connectivity index (χ1n) is 11.1. The predicted molar refractivity (Wildman–Crippen MR) is 123 cm³/mol. The fourth-order valence-corrected chi connectivity index (χ4v) is 4.16. The van der Waals surface area contributed by atoms with Gasteiger partial charge in [0.25, 0.3) is 11.8 Å². The van der Waals surface area contributed by atoms with E-state index in [1.54, 1.807) is 24.3 Å². The molecule has 32 heavy (non-hydrogen) atoms. The molecular weight excluding hydrogens is 402 g/mol. The van der Waals surface area contributed by atoms with Gasteiger partial charge in [0.2, 0.25) is 0 Å². The van der Waals surface area contributed by atoms with E-state index in [-0.39, 0.29) is 11.8 Å². The van der Waals surface area contributed by atoms with Gasteiger partial charge in [-0.2, -0.15) is 5.26 Å². The molecule has 164 valence electrons. The standard InChI is InChI=1S/C26H27N3O3/c1-3-16-32-22-10-6-20(7-11-22)23-24(28-14-12-18(2)13-15-28)26(31)29(25(23)30)21-8-4-19(17-27)5-9-21/h4-11,18H,3,12-16H2,1-2H3. The molecule has 0 N–H and O–H groups in total. The highest BCUT2D eigenvalue weighted by Gasteiger charge is 2.43. The van der Waals surface area contributed by atoms with Gasteiger partial charge >= 0.3 is 0 Å². The van der Waals surface area contributed by atoms with Crippen LogP contribution in [0.1, 0.15) is 44.2 Å². The van der Waals surface area contributed by atoms with Crippen LogP contribution in [-0.2, 0) is 9.59 Å². The number of benzene rings is 2. The number of amides is 2. The smallest absolute Gasteiger partial charge is 0.282 e. The SMILES string of the molecule is CCCOc1ccc(C2=C(N3CCC(C)CC3)C(=O)N(c3ccc(C#N)cc3)C2=O)cc1. The van der Waals surface area contributed by atoms with Crippen molar-refractivity contribution in [1.29, 1.82) is 5.26 Å². The van der Waals surface area contributed by atoms with Crippen molar-refractivity contribution in [2.45, 2.75) is 33.1 Å². The van der Waals surface area contributed by atoms with Crippen LogP contribution < -0.4 is 9.64 Å². The van der Waals surface area contributed by atoms with Crippen LogP contribution >= 0.6 is 0 Å². The van der Waals surface area contributed by atoms with Crippen LogP contribution in [0.15, 0.2) is 54.2 Å². The lowest BCUT2D eigenvalue weighted by Crippen LogP contribution is -2.38. The maximum Gasteiger partial charge on any atom is 0.282 e. The number of hydrogen-bond acceptors (Lipinski definition) is 5. The van der Waals surface area contributed by atoms with Gasteiger partial charge < -0.3 is 9.64 Å². The Labute approximate surface area is 188 Å². The highest BCUT2D eigenvalue weighted by atomic mass is 16.5. The van der Waals surface area contributed by atoms with Crippen molar-refractivity contribution in [3.05, 3.63) is 65.4 Å². The number of carbonyl (C=O) groups is 2. The molecule has 1 saturated heterocycles. The maximum atomic E-state index is 13.6. The average Bonchev–Trinajstić information content (AvgIpc) is 3.08. The van der Waals surface area contributed by atoms with Crippen LogP contribution in [0.3, 0.4) is 0 Å². The van der Waals surface area contributed by atoms with E-state index in [0.29, 0.717) is 40.6 Å². The molecule has 0 bridgehead atoms. The summed E-state index contributed by atoms with van der Waals surface area (Å²) in [6.07, 6.45) is 2.88. The largest absolute Gasteiger partial charge is 0.494 e. The molecule has 2 aromatic carbocycles. The molecule has 0 aromatic heterocycles. The van der Waals surface area contributed by atoms with E-state index < -0.39 is 0 Å². The molecule has 2 aromatic rings. The van der Waals surface area contributed by atoms with Crippen molar-refractivity contribution in [1.82, 2.24) is 4.90 Å². The topological polar surface area (TPSA) is 73.6 Å². The molecule has 2 aliphatic rings. The molecular formula is C26H27N3O3. The minimum absolute atomic E-state index is 0.310. The Bertz CT molecular complexity index is 1070. The number of rotatable bonds is 6. The third-order valence-electron chi connectivity index (χ3n) is 6.03. The van der Waals surface area contributed by atoms with Crippen molar-refractivity contribution < 1.29 is 14.3 Å². The van der Waals surface area contributed by atoms with Crippen LogP contribution in [-0.4, -0.2) is 36.4 Å². The molecule has 0 spiro atoms. The summed E-state index contributed by atoms with van der Waals surface area (Å²) in [5.74, 6) is 0.698. The molecule has 0 unspecified atom stereocenters. The number of ether oxygens (including phenoxy) is 1. The van der Waals surface area contributed by atoms with Crippen molar-refractivity contribution in [3.63, 3.8) is 0 Å². The zero-order valence-corrected chi connectivity index (χ0v) is 18.5.